The van der Waals surface area contributed by atoms with E-state index in [1.165, 1.54) is 0 Å². The number of sulfonamides is 1. The summed E-state index contributed by atoms with van der Waals surface area (Å²) in [5.41, 5.74) is 1.89. The van der Waals surface area contributed by atoms with Gasteiger partial charge in [-0.1, -0.05) is 24.3 Å². The molecule has 0 aliphatic carbocycles. The summed E-state index contributed by atoms with van der Waals surface area (Å²) in [6.45, 7) is 4.12. The Bertz CT molecular complexity index is 831. The van der Waals surface area contributed by atoms with Crippen molar-refractivity contribution in [1.29, 1.82) is 0 Å². The van der Waals surface area contributed by atoms with Crippen molar-refractivity contribution < 1.29 is 21.9 Å². The van der Waals surface area contributed by atoms with Crippen molar-refractivity contribution in [1.82, 2.24) is 9.62 Å². The Balaban J connectivity index is 1.60. The lowest BCUT2D eigenvalue weighted by Gasteiger charge is -2.26. The van der Waals surface area contributed by atoms with Gasteiger partial charge in [0, 0.05) is 32.2 Å². The van der Waals surface area contributed by atoms with Crippen LogP contribution in [0.5, 0.6) is 0 Å². The van der Waals surface area contributed by atoms with Gasteiger partial charge in [-0.05, 0) is 23.3 Å². The van der Waals surface area contributed by atoms with Crippen LogP contribution in [0.3, 0.4) is 0 Å². The van der Waals surface area contributed by atoms with Gasteiger partial charge in [0.25, 0.3) is 0 Å². The van der Waals surface area contributed by atoms with E-state index in [1.807, 2.05) is 24.3 Å². The molecular weight excluding hydrogens is 362 g/mol. The largest absolute Gasteiger partial charge is 0.379 e. The Morgan fingerprint density at radius 2 is 1.54 bits per heavy atom. The van der Waals surface area contributed by atoms with Gasteiger partial charge in [-0.15, -0.1) is 0 Å². The van der Waals surface area contributed by atoms with Crippen LogP contribution in [-0.4, -0.2) is 39.6 Å². The fourth-order valence-electron chi connectivity index (χ4n) is 2.73. The molecule has 0 unspecified atom stereocenters. The SMILES string of the molecule is O=S(=O)(NCc1ccc(CN2CCOCC2)cc1)c1cc(F)cc(F)c1. The molecule has 5 nitrogen and oxygen atoms in total. The molecule has 26 heavy (non-hydrogen) atoms. The number of nitrogens with one attached hydrogen (secondary N) is 1. The molecule has 8 heteroatoms. The minimum Gasteiger partial charge on any atom is -0.379 e. The molecular formula is C18H20F2N2O3S. The second-order valence-electron chi connectivity index (χ2n) is 6.13. The number of halogens is 2. The van der Waals surface area contributed by atoms with Crippen molar-refractivity contribution >= 4 is 10.0 Å². The van der Waals surface area contributed by atoms with Crippen LogP contribution in [0.15, 0.2) is 47.4 Å². The Labute approximate surface area is 151 Å². The first kappa shape index (κ1) is 18.9. The van der Waals surface area contributed by atoms with E-state index in [0.29, 0.717) is 6.07 Å². The average molecular weight is 382 g/mol. The molecule has 3 rings (SSSR count). The van der Waals surface area contributed by atoms with Gasteiger partial charge in [0.15, 0.2) is 0 Å². The second-order valence-corrected chi connectivity index (χ2v) is 7.90. The van der Waals surface area contributed by atoms with Crippen molar-refractivity contribution in [3.05, 3.63) is 65.2 Å². The smallest absolute Gasteiger partial charge is 0.241 e. The predicted molar refractivity (Wildman–Crippen MR) is 92.9 cm³/mol. The Morgan fingerprint density at radius 1 is 0.962 bits per heavy atom. The third-order valence-corrected chi connectivity index (χ3v) is 5.53. The topological polar surface area (TPSA) is 58.6 Å². The Kier molecular flexibility index (Phi) is 5.98. The van der Waals surface area contributed by atoms with Crippen molar-refractivity contribution in [2.24, 2.45) is 0 Å². The van der Waals surface area contributed by atoms with Crippen LogP contribution in [0.1, 0.15) is 11.1 Å². The summed E-state index contributed by atoms with van der Waals surface area (Å²) in [4.78, 5) is 1.86. The normalized spacial score (nSPS) is 15.9. The standard InChI is InChI=1S/C18H20F2N2O3S/c19-16-9-17(20)11-18(10-16)26(23,24)21-12-14-1-3-15(4-2-14)13-22-5-7-25-8-6-22/h1-4,9-11,21H,5-8,12-13H2. The van der Waals surface area contributed by atoms with Crippen molar-refractivity contribution in [2.75, 3.05) is 26.3 Å². The van der Waals surface area contributed by atoms with Crippen LogP contribution in [-0.2, 0) is 27.8 Å². The summed E-state index contributed by atoms with van der Waals surface area (Å²) in [5.74, 6) is -1.87. The predicted octanol–water partition coefficient (Wildman–Crippen LogP) is 2.28. The van der Waals surface area contributed by atoms with Crippen LogP contribution in [0, 0.1) is 11.6 Å². The Morgan fingerprint density at radius 3 is 2.15 bits per heavy atom. The van der Waals surface area contributed by atoms with Crippen LogP contribution in [0.2, 0.25) is 0 Å². The molecule has 0 aromatic heterocycles. The molecule has 0 saturated carbocycles. The molecule has 1 heterocycles. The molecule has 1 aliphatic heterocycles. The number of benzene rings is 2. The zero-order valence-electron chi connectivity index (χ0n) is 14.1. The van der Waals surface area contributed by atoms with Crippen molar-refractivity contribution in [3.8, 4) is 0 Å². The van der Waals surface area contributed by atoms with E-state index in [-0.39, 0.29) is 6.54 Å². The highest BCUT2D eigenvalue weighted by Gasteiger charge is 2.16. The second kappa shape index (κ2) is 8.22. The number of ether oxygens (including phenoxy) is 1. The quantitative estimate of drug-likeness (QED) is 0.833. The lowest BCUT2D eigenvalue weighted by molar-refractivity contribution is 0.0342. The molecule has 0 radical (unpaired) electrons. The van der Waals surface area contributed by atoms with E-state index in [9.17, 15) is 17.2 Å². The number of hydrogen-bond acceptors (Lipinski definition) is 4. The van der Waals surface area contributed by atoms with E-state index in [1.54, 1.807) is 0 Å². The van der Waals surface area contributed by atoms with E-state index in [4.69, 9.17) is 4.74 Å². The highest BCUT2D eigenvalue weighted by molar-refractivity contribution is 7.89. The maximum absolute atomic E-state index is 13.2. The van der Waals surface area contributed by atoms with Gasteiger partial charge in [0.1, 0.15) is 11.6 Å². The lowest BCUT2D eigenvalue weighted by Crippen LogP contribution is -2.35. The fraction of sp³-hybridized carbons (Fsp3) is 0.333. The molecule has 0 spiro atoms. The summed E-state index contributed by atoms with van der Waals surface area (Å²) in [7, 11) is -3.99. The molecule has 1 fully saturated rings. The van der Waals surface area contributed by atoms with E-state index in [2.05, 4.69) is 9.62 Å². The molecule has 2 aromatic carbocycles. The van der Waals surface area contributed by atoms with Gasteiger partial charge in [0.05, 0.1) is 18.1 Å². The summed E-state index contributed by atoms with van der Waals surface area (Å²) in [5, 5.41) is 0. The van der Waals surface area contributed by atoms with Crippen molar-refractivity contribution in [2.45, 2.75) is 18.0 Å². The third-order valence-electron chi connectivity index (χ3n) is 4.15. The van der Waals surface area contributed by atoms with E-state index in [0.717, 1.165) is 56.1 Å². The Hall–Kier alpha value is -1.87. The summed E-state index contributed by atoms with van der Waals surface area (Å²) in [6.07, 6.45) is 0. The number of morpholine rings is 1. The minimum atomic E-state index is -3.99. The maximum atomic E-state index is 13.2. The van der Waals surface area contributed by atoms with Gasteiger partial charge in [-0.3, -0.25) is 4.90 Å². The monoisotopic (exact) mass is 382 g/mol. The summed E-state index contributed by atoms with van der Waals surface area (Å²) in [6, 6.07) is 9.77. The van der Waals surface area contributed by atoms with Crippen molar-refractivity contribution in [3.63, 3.8) is 0 Å². The van der Waals surface area contributed by atoms with Gasteiger partial charge in [-0.25, -0.2) is 21.9 Å². The highest BCUT2D eigenvalue weighted by atomic mass is 32.2. The van der Waals surface area contributed by atoms with Gasteiger partial charge in [0.2, 0.25) is 10.0 Å². The fourth-order valence-corrected chi connectivity index (χ4v) is 3.78. The molecule has 0 atom stereocenters. The van der Waals surface area contributed by atoms with Crippen LogP contribution in [0.4, 0.5) is 8.78 Å². The zero-order chi connectivity index (χ0) is 18.6. The molecule has 1 saturated heterocycles. The molecule has 0 bridgehead atoms. The van der Waals surface area contributed by atoms with Crippen LogP contribution < -0.4 is 4.72 Å². The highest BCUT2D eigenvalue weighted by Crippen LogP contribution is 2.15. The van der Waals surface area contributed by atoms with Gasteiger partial charge < -0.3 is 4.74 Å². The first-order valence-electron chi connectivity index (χ1n) is 8.26. The zero-order valence-corrected chi connectivity index (χ0v) is 14.9. The number of hydrogen-bond donors (Lipinski definition) is 1. The number of nitrogens with zero attached hydrogens (tertiary/aromatic N) is 1. The average Bonchev–Trinajstić information content (AvgIpc) is 2.61. The van der Waals surface area contributed by atoms with Gasteiger partial charge >= 0.3 is 0 Å². The molecule has 0 amide bonds. The minimum absolute atomic E-state index is 0.0400. The lowest BCUT2D eigenvalue weighted by atomic mass is 10.1. The third kappa shape index (κ3) is 5.07. The first-order valence-corrected chi connectivity index (χ1v) is 9.74. The molecule has 1 N–H and O–H groups in total. The summed E-state index contributed by atoms with van der Waals surface area (Å²) >= 11 is 0. The molecule has 140 valence electrons. The summed E-state index contributed by atoms with van der Waals surface area (Å²) < 4.78 is 58.5. The molecule has 2 aromatic rings. The van der Waals surface area contributed by atoms with Gasteiger partial charge in [-0.2, -0.15) is 0 Å². The van der Waals surface area contributed by atoms with Crippen LogP contribution >= 0.6 is 0 Å². The van der Waals surface area contributed by atoms with Crippen LogP contribution in [0.25, 0.3) is 0 Å². The maximum Gasteiger partial charge on any atom is 0.241 e. The van der Waals surface area contributed by atoms with E-state index < -0.39 is 26.6 Å². The first-order chi connectivity index (χ1) is 12.4. The molecule has 1 aliphatic rings. The number of rotatable bonds is 6. The van der Waals surface area contributed by atoms with E-state index >= 15 is 0 Å².